The molecule has 1 heterocycles. The number of nitrogens with one attached hydrogen (secondary N) is 1. The van der Waals surface area contributed by atoms with E-state index in [0.29, 0.717) is 6.54 Å². The van der Waals surface area contributed by atoms with Gasteiger partial charge >= 0.3 is 0 Å². The van der Waals surface area contributed by atoms with Gasteiger partial charge in [-0.2, -0.15) is 0 Å². The fourth-order valence-corrected chi connectivity index (χ4v) is 2.26. The van der Waals surface area contributed by atoms with E-state index in [0.717, 1.165) is 6.42 Å². The number of rotatable bonds is 4. The van der Waals surface area contributed by atoms with Crippen LogP contribution in [0, 0.1) is 0 Å². The molecule has 0 aliphatic carbocycles. The highest BCUT2D eigenvalue weighted by molar-refractivity contribution is 7.09. The summed E-state index contributed by atoms with van der Waals surface area (Å²) in [6.45, 7) is 0.494. The number of carbonyl (C=O) groups is 1. The molecule has 0 spiro atoms. The van der Waals surface area contributed by atoms with Crippen molar-refractivity contribution in [2.24, 2.45) is 0 Å². The van der Waals surface area contributed by atoms with Gasteiger partial charge in [0.25, 0.3) is 5.91 Å². The van der Waals surface area contributed by atoms with Crippen molar-refractivity contribution >= 4 is 17.2 Å². The molecule has 2 rings (SSSR count). The molecule has 0 radical (unpaired) electrons. The van der Waals surface area contributed by atoms with Crippen LogP contribution in [0.15, 0.2) is 35.7 Å². The third kappa shape index (κ3) is 3.01. The van der Waals surface area contributed by atoms with Crippen molar-refractivity contribution in [3.05, 3.63) is 46.2 Å². The van der Waals surface area contributed by atoms with Crippen molar-refractivity contribution in [1.82, 2.24) is 5.32 Å². The summed E-state index contributed by atoms with van der Waals surface area (Å²) in [6.07, 6.45) is 0.753. The zero-order chi connectivity index (χ0) is 13.0. The number of amides is 1. The number of carbonyl (C=O) groups excluding carboxylic acids is 1. The van der Waals surface area contributed by atoms with Gasteiger partial charge in [0.15, 0.2) is 0 Å². The average molecular weight is 263 g/mol. The first-order chi connectivity index (χ1) is 8.66. The minimum absolute atomic E-state index is 0.0452. The number of thiophene rings is 1. The summed E-state index contributed by atoms with van der Waals surface area (Å²) in [5, 5.41) is 23.5. The molecule has 0 saturated carbocycles. The topological polar surface area (TPSA) is 69.6 Å². The molecule has 0 aliphatic rings. The number of benzene rings is 1. The second kappa shape index (κ2) is 5.55. The first-order valence-corrected chi connectivity index (χ1v) is 6.37. The summed E-state index contributed by atoms with van der Waals surface area (Å²) in [4.78, 5) is 13.0. The summed E-state index contributed by atoms with van der Waals surface area (Å²) in [5.41, 5.74) is 0.0844. The van der Waals surface area contributed by atoms with E-state index in [2.05, 4.69) is 5.32 Å². The van der Waals surface area contributed by atoms with Crippen molar-refractivity contribution in [1.29, 1.82) is 0 Å². The van der Waals surface area contributed by atoms with E-state index in [4.69, 9.17) is 0 Å². The van der Waals surface area contributed by atoms with Crippen molar-refractivity contribution in [3.8, 4) is 11.5 Å². The van der Waals surface area contributed by atoms with Crippen LogP contribution < -0.4 is 5.32 Å². The molecule has 1 amide bonds. The molecule has 4 nitrogen and oxygen atoms in total. The maximum Gasteiger partial charge on any atom is 0.255 e. The second-order valence-electron chi connectivity index (χ2n) is 3.79. The Morgan fingerprint density at radius 2 is 2.11 bits per heavy atom. The minimum atomic E-state index is -0.389. The quantitative estimate of drug-likeness (QED) is 0.740. The predicted molar refractivity (Wildman–Crippen MR) is 70.1 cm³/mol. The third-order valence-electron chi connectivity index (χ3n) is 2.46. The highest BCUT2D eigenvalue weighted by Crippen LogP contribution is 2.21. The summed E-state index contributed by atoms with van der Waals surface area (Å²) in [6, 6.07) is 7.84. The summed E-state index contributed by atoms with van der Waals surface area (Å²) in [7, 11) is 0. The Morgan fingerprint density at radius 1 is 1.28 bits per heavy atom. The van der Waals surface area contributed by atoms with Gasteiger partial charge in [-0.15, -0.1) is 11.3 Å². The predicted octanol–water partition coefficient (Wildman–Crippen LogP) is 2.13. The zero-order valence-electron chi connectivity index (χ0n) is 9.59. The molecule has 0 aliphatic heterocycles. The van der Waals surface area contributed by atoms with Gasteiger partial charge in [0.2, 0.25) is 0 Å². The van der Waals surface area contributed by atoms with E-state index < -0.39 is 0 Å². The Kier molecular flexibility index (Phi) is 3.84. The van der Waals surface area contributed by atoms with Crippen molar-refractivity contribution < 1.29 is 15.0 Å². The van der Waals surface area contributed by atoms with E-state index >= 15 is 0 Å². The highest BCUT2D eigenvalue weighted by Gasteiger charge is 2.11. The maximum absolute atomic E-state index is 11.8. The lowest BCUT2D eigenvalue weighted by molar-refractivity contribution is 0.0951. The molecule has 2 aromatic rings. The smallest absolute Gasteiger partial charge is 0.255 e. The maximum atomic E-state index is 11.8. The average Bonchev–Trinajstić information content (AvgIpc) is 2.85. The van der Waals surface area contributed by atoms with Crippen LogP contribution in [0.25, 0.3) is 0 Å². The number of hydrogen-bond acceptors (Lipinski definition) is 4. The number of phenols is 2. The lowest BCUT2D eigenvalue weighted by Gasteiger charge is -2.06. The van der Waals surface area contributed by atoms with E-state index in [1.165, 1.54) is 23.1 Å². The molecule has 5 heteroatoms. The van der Waals surface area contributed by atoms with Crippen molar-refractivity contribution in [3.63, 3.8) is 0 Å². The first-order valence-electron chi connectivity index (χ1n) is 5.49. The van der Waals surface area contributed by atoms with Gasteiger partial charge in [-0.05, 0) is 36.1 Å². The lowest BCUT2D eigenvalue weighted by atomic mass is 10.1. The van der Waals surface area contributed by atoms with Gasteiger partial charge < -0.3 is 15.5 Å². The Hall–Kier alpha value is -2.01. The van der Waals surface area contributed by atoms with Crippen LogP contribution >= 0.6 is 11.3 Å². The largest absolute Gasteiger partial charge is 0.508 e. The Balaban J connectivity index is 1.93. The Labute approximate surface area is 109 Å². The Bertz CT molecular complexity index is 537. The Morgan fingerprint density at radius 3 is 2.83 bits per heavy atom. The summed E-state index contributed by atoms with van der Waals surface area (Å²) < 4.78 is 0. The van der Waals surface area contributed by atoms with Crippen LogP contribution in [0.4, 0.5) is 0 Å². The molecule has 0 bridgehead atoms. The van der Waals surface area contributed by atoms with Crippen LogP contribution in [0.2, 0.25) is 0 Å². The standard InChI is InChI=1S/C13H13NO3S/c15-9-3-4-12(16)11(8-9)13(17)14-6-5-10-2-1-7-18-10/h1-4,7-8,15-16H,5-6H2,(H,14,17). The molecule has 0 saturated heterocycles. The molecule has 94 valence electrons. The minimum Gasteiger partial charge on any atom is -0.508 e. The van der Waals surface area contributed by atoms with Crippen LogP contribution in [0.5, 0.6) is 11.5 Å². The van der Waals surface area contributed by atoms with E-state index in [1.807, 2.05) is 17.5 Å². The van der Waals surface area contributed by atoms with Gasteiger partial charge in [-0.25, -0.2) is 0 Å². The zero-order valence-corrected chi connectivity index (χ0v) is 10.4. The molecule has 3 N–H and O–H groups in total. The van der Waals surface area contributed by atoms with Gasteiger partial charge in [0.1, 0.15) is 11.5 Å². The molecule has 18 heavy (non-hydrogen) atoms. The molecule has 0 unspecified atom stereocenters. The number of phenolic OH excluding ortho intramolecular Hbond substituents is 2. The number of aromatic hydroxyl groups is 2. The molecule has 1 aromatic carbocycles. The van der Waals surface area contributed by atoms with Crippen molar-refractivity contribution in [2.75, 3.05) is 6.54 Å². The van der Waals surface area contributed by atoms with Gasteiger partial charge in [0.05, 0.1) is 5.56 Å². The van der Waals surface area contributed by atoms with Gasteiger partial charge in [0, 0.05) is 11.4 Å². The second-order valence-corrected chi connectivity index (χ2v) is 4.82. The van der Waals surface area contributed by atoms with Crippen molar-refractivity contribution in [2.45, 2.75) is 6.42 Å². The first kappa shape index (κ1) is 12.4. The van der Waals surface area contributed by atoms with Crippen LogP contribution in [-0.4, -0.2) is 22.7 Å². The lowest BCUT2D eigenvalue weighted by Crippen LogP contribution is -2.25. The SMILES string of the molecule is O=C(NCCc1cccs1)c1cc(O)ccc1O. The summed E-state index contributed by atoms with van der Waals surface area (Å²) in [5.74, 6) is -0.572. The van der Waals surface area contributed by atoms with E-state index in [9.17, 15) is 15.0 Å². The molecular weight excluding hydrogens is 250 g/mol. The van der Waals surface area contributed by atoms with Crippen LogP contribution in [0.3, 0.4) is 0 Å². The molecule has 0 atom stereocenters. The van der Waals surface area contributed by atoms with Gasteiger partial charge in [-0.3, -0.25) is 4.79 Å². The van der Waals surface area contributed by atoms with Crippen LogP contribution in [0.1, 0.15) is 15.2 Å². The summed E-state index contributed by atoms with van der Waals surface area (Å²) >= 11 is 1.64. The monoisotopic (exact) mass is 263 g/mol. The molecular formula is C13H13NO3S. The fourth-order valence-electron chi connectivity index (χ4n) is 1.56. The highest BCUT2D eigenvalue weighted by atomic mass is 32.1. The molecule has 0 fully saturated rings. The van der Waals surface area contributed by atoms with E-state index in [-0.39, 0.29) is 23.0 Å². The third-order valence-corrected chi connectivity index (χ3v) is 3.40. The normalized spacial score (nSPS) is 10.2. The van der Waals surface area contributed by atoms with Crippen LogP contribution in [-0.2, 0) is 6.42 Å². The van der Waals surface area contributed by atoms with E-state index in [1.54, 1.807) is 11.3 Å². The fraction of sp³-hybridized carbons (Fsp3) is 0.154. The van der Waals surface area contributed by atoms with Gasteiger partial charge in [-0.1, -0.05) is 6.07 Å². The molecule has 1 aromatic heterocycles. The number of hydrogen-bond donors (Lipinski definition) is 3.